The second-order valence-corrected chi connectivity index (χ2v) is 4.33. The molecule has 0 saturated carbocycles. The standard InChI is InChI=1S/C14H15ClN2O/c1-3-5-12-13(16-9-17-14(12)15)10-6-4-7-11(8-10)18-2/h4,6-9H,3,5H2,1-2H3. The summed E-state index contributed by atoms with van der Waals surface area (Å²) in [6.45, 7) is 2.11. The second kappa shape index (κ2) is 5.83. The highest BCUT2D eigenvalue weighted by Gasteiger charge is 2.11. The minimum atomic E-state index is 0.532. The van der Waals surface area contributed by atoms with Crippen molar-refractivity contribution in [2.24, 2.45) is 0 Å². The molecule has 1 aromatic carbocycles. The molecule has 0 aliphatic carbocycles. The Morgan fingerprint density at radius 3 is 2.83 bits per heavy atom. The van der Waals surface area contributed by atoms with Gasteiger partial charge in [0.25, 0.3) is 0 Å². The zero-order chi connectivity index (χ0) is 13.0. The van der Waals surface area contributed by atoms with E-state index in [0.717, 1.165) is 35.4 Å². The molecule has 2 aromatic rings. The van der Waals surface area contributed by atoms with E-state index in [4.69, 9.17) is 16.3 Å². The van der Waals surface area contributed by atoms with E-state index in [1.807, 2.05) is 24.3 Å². The van der Waals surface area contributed by atoms with Crippen molar-refractivity contribution >= 4 is 11.6 Å². The van der Waals surface area contributed by atoms with Crippen molar-refractivity contribution in [1.29, 1.82) is 0 Å². The van der Waals surface area contributed by atoms with Crippen molar-refractivity contribution < 1.29 is 4.74 Å². The Balaban J connectivity index is 2.52. The van der Waals surface area contributed by atoms with Gasteiger partial charge in [-0.2, -0.15) is 0 Å². The molecule has 0 fully saturated rings. The van der Waals surface area contributed by atoms with Crippen molar-refractivity contribution in [1.82, 2.24) is 9.97 Å². The fraction of sp³-hybridized carbons (Fsp3) is 0.286. The number of rotatable bonds is 4. The molecular weight excluding hydrogens is 248 g/mol. The van der Waals surface area contributed by atoms with Gasteiger partial charge in [0.2, 0.25) is 0 Å². The first-order chi connectivity index (χ1) is 8.76. The molecule has 0 bridgehead atoms. The van der Waals surface area contributed by atoms with Gasteiger partial charge in [-0.1, -0.05) is 37.1 Å². The molecule has 0 amide bonds. The molecule has 0 atom stereocenters. The largest absolute Gasteiger partial charge is 0.497 e. The molecule has 0 saturated heterocycles. The maximum atomic E-state index is 6.15. The first kappa shape index (κ1) is 12.8. The Morgan fingerprint density at radius 1 is 1.28 bits per heavy atom. The molecule has 0 radical (unpaired) electrons. The van der Waals surface area contributed by atoms with Gasteiger partial charge in [-0.15, -0.1) is 0 Å². The van der Waals surface area contributed by atoms with Crippen LogP contribution in [0.4, 0.5) is 0 Å². The average Bonchev–Trinajstić information content (AvgIpc) is 2.41. The van der Waals surface area contributed by atoms with E-state index < -0.39 is 0 Å². The molecular formula is C14H15ClN2O. The number of aromatic nitrogens is 2. The molecule has 4 heteroatoms. The number of nitrogens with zero attached hydrogens (tertiary/aromatic N) is 2. The summed E-state index contributed by atoms with van der Waals surface area (Å²) in [4.78, 5) is 8.40. The first-order valence-electron chi connectivity index (χ1n) is 5.90. The summed E-state index contributed by atoms with van der Waals surface area (Å²) in [5, 5.41) is 0.532. The van der Waals surface area contributed by atoms with Crippen molar-refractivity contribution in [3.63, 3.8) is 0 Å². The third-order valence-electron chi connectivity index (χ3n) is 2.74. The van der Waals surface area contributed by atoms with Crippen LogP contribution in [-0.4, -0.2) is 17.1 Å². The Hall–Kier alpha value is -1.61. The van der Waals surface area contributed by atoms with Gasteiger partial charge >= 0.3 is 0 Å². The van der Waals surface area contributed by atoms with Crippen molar-refractivity contribution in [3.05, 3.63) is 41.3 Å². The third kappa shape index (κ3) is 2.62. The third-order valence-corrected chi connectivity index (χ3v) is 3.06. The number of hydrogen-bond donors (Lipinski definition) is 0. The zero-order valence-corrected chi connectivity index (χ0v) is 11.2. The quantitative estimate of drug-likeness (QED) is 0.787. The van der Waals surface area contributed by atoms with E-state index in [0.29, 0.717) is 5.15 Å². The minimum absolute atomic E-state index is 0.532. The molecule has 0 aliphatic heterocycles. The number of benzene rings is 1. The van der Waals surface area contributed by atoms with Gasteiger partial charge in [0.05, 0.1) is 12.8 Å². The summed E-state index contributed by atoms with van der Waals surface area (Å²) >= 11 is 6.15. The Labute approximate surface area is 112 Å². The number of hydrogen-bond acceptors (Lipinski definition) is 3. The average molecular weight is 263 g/mol. The van der Waals surface area contributed by atoms with Gasteiger partial charge in [-0.25, -0.2) is 9.97 Å². The van der Waals surface area contributed by atoms with E-state index in [9.17, 15) is 0 Å². The Morgan fingerprint density at radius 2 is 2.11 bits per heavy atom. The highest BCUT2D eigenvalue weighted by atomic mass is 35.5. The van der Waals surface area contributed by atoms with Crippen LogP contribution in [0.5, 0.6) is 5.75 Å². The summed E-state index contributed by atoms with van der Waals surface area (Å²) < 4.78 is 5.23. The smallest absolute Gasteiger partial charge is 0.136 e. The molecule has 1 aromatic heterocycles. The van der Waals surface area contributed by atoms with Crippen molar-refractivity contribution in [2.75, 3.05) is 7.11 Å². The summed E-state index contributed by atoms with van der Waals surface area (Å²) in [7, 11) is 1.65. The van der Waals surface area contributed by atoms with E-state index in [1.54, 1.807) is 7.11 Å². The lowest BCUT2D eigenvalue weighted by Crippen LogP contribution is -1.97. The summed E-state index contributed by atoms with van der Waals surface area (Å²) in [6.07, 6.45) is 3.37. The van der Waals surface area contributed by atoms with E-state index in [-0.39, 0.29) is 0 Å². The summed E-state index contributed by atoms with van der Waals surface area (Å²) in [5.74, 6) is 0.810. The predicted octanol–water partition coefficient (Wildman–Crippen LogP) is 3.76. The maximum Gasteiger partial charge on any atom is 0.136 e. The summed E-state index contributed by atoms with van der Waals surface area (Å²) in [5.41, 5.74) is 2.88. The molecule has 1 heterocycles. The van der Waals surface area contributed by atoms with Gasteiger partial charge in [0.1, 0.15) is 17.2 Å². The van der Waals surface area contributed by atoms with Gasteiger partial charge in [0.15, 0.2) is 0 Å². The van der Waals surface area contributed by atoms with Crippen LogP contribution in [0.15, 0.2) is 30.6 Å². The van der Waals surface area contributed by atoms with Crippen LogP contribution in [0.2, 0.25) is 5.15 Å². The molecule has 3 nitrogen and oxygen atoms in total. The Bertz CT molecular complexity index is 543. The highest BCUT2D eigenvalue weighted by molar-refractivity contribution is 6.30. The number of ether oxygens (including phenoxy) is 1. The lowest BCUT2D eigenvalue weighted by atomic mass is 10.0. The monoisotopic (exact) mass is 262 g/mol. The molecule has 0 N–H and O–H groups in total. The van der Waals surface area contributed by atoms with Crippen LogP contribution in [-0.2, 0) is 6.42 Å². The van der Waals surface area contributed by atoms with Crippen LogP contribution in [0.25, 0.3) is 11.3 Å². The van der Waals surface area contributed by atoms with E-state index in [1.165, 1.54) is 6.33 Å². The second-order valence-electron chi connectivity index (χ2n) is 3.97. The van der Waals surface area contributed by atoms with Crippen LogP contribution in [0.1, 0.15) is 18.9 Å². The molecule has 2 rings (SSSR count). The minimum Gasteiger partial charge on any atom is -0.497 e. The lowest BCUT2D eigenvalue weighted by molar-refractivity contribution is 0.415. The fourth-order valence-electron chi connectivity index (χ4n) is 1.88. The van der Waals surface area contributed by atoms with E-state index >= 15 is 0 Å². The topological polar surface area (TPSA) is 35.0 Å². The van der Waals surface area contributed by atoms with Gasteiger partial charge in [-0.3, -0.25) is 0 Å². The van der Waals surface area contributed by atoms with Crippen LogP contribution in [0, 0.1) is 0 Å². The van der Waals surface area contributed by atoms with Gasteiger partial charge in [0, 0.05) is 11.1 Å². The number of halogens is 1. The van der Waals surface area contributed by atoms with Crippen LogP contribution >= 0.6 is 11.6 Å². The van der Waals surface area contributed by atoms with Gasteiger partial charge < -0.3 is 4.74 Å². The fourth-order valence-corrected chi connectivity index (χ4v) is 2.11. The lowest BCUT2D eigenvalue weighted by Gasteiger charge is -2.10. The molecule has 0 aliphatic rings. The molecule has 0 unspecified atom stereocenters. The Kier molecular flexibility index (Phi) is 4.15. The van der Waals surface area contributed by atoms with Crippen molar-refractivity contribution in [3.8, 4) is 17.0 Å². The van der Waals surface area contributed by atoms with E-state index in [2.05, 4.69) is 16.9 Å². The van der Waals surface area contributed by atoms with Crippen LogP contribution < -0.4 is 4.74 Å². The normalized spacial score (nSPS) is 10.4. The van der Waals surface area contributed by atoms with Crippen LogP contribution in [0.3, 0.4) is 0 Å². The maximum absolute atomic E-state index is 6.15. The predicted molar refractivity (Wildman–Crippen MR) is 73.0 cm³/mol. The molecule has 18 heavy (non-hydrogen) atoms. The highest BCUT2D eigenvalue weighted by Crippen LogP contribution is 2.28. The van der Waals surface area contributed by atoms with Gasteiger partial charge in [-0.05, 0) is 18.6 Å². The summed E-state index contributed by atoms with van der Waals surface area (Å²) in [6, 6.07) is 7.81. The first-order valence-corrected chi connectivity index (χ1v) is 6.27. The SMILES string of the molecule is CCCc1c(Cl)ncnc1-c1cccc(OC)c1. The van der Waals surface area contributed by atoms with Crippen molar-refractivity contribution in [2.45, 2.75) is 19.8 Å². The molecule has 94 valence electrons. The molecule has 0 spiro atoms. The zero-order valence-electron chi connectivity index (χ0n) is 10.5. The number of methoxy groups -OCH3 is 1.